The van der Waals surface area contributed by atoms with Gasteiger partial charge in [0.1, 0.15) is 17.7 Å². The van der Waals surface area contributed by atoms with E-state index in [0.29, 0.717) is 38.8 Å². The van der Waals surface area contributed by atoms with Crippen LogP contribution < -0.4 is 4.90 Å². The number of carbonyl (C=O) groups is 2. The van der Waals surface area contributed by atoms with Crippen molar-refractivity contribution in [2.75, 3.05) is 44.2 Å². The van der Waals surface area contributed by atoms with Crippen molar-refractivity contribution in [1.82, 2.24) is 14.8 Å². The fourth-order valence-electron chi connectivity index (χ4n) is 4.57. The molecule has 0 spiro atoms. The van der Waals surface area contributed by atoms with Crippen molar-refractivity contribution in [3.05, 3.63) is 24.3 Å². The summed E-state index contributed by atoms with van der Waals surface area (Å²) in [6.45, 7) is 3.70. The van der Waals surface area contributed by atoms with Crippen LogP contribution in [0.3, 0.4) is 0 Å². The van der Waals surface area contributed by atoms with Crippen LogP contribution >= 0.6 is 0 Å². The van der Waals surface area contributed by atoms with Gasteiger partial charge in [0.15, 0.2) is 5.58 Å². The predicted molar refractivity (Wildman–Crippen MR) is 107 cm³/mol. The van der Waals surface area contributed by atoms with Gasteiger partial charge in [0.25, 0.3) is 11.9 Å². The van der Waals surface area contributed by atoms with Gasteiger partial charge in [-0.05, 0) is 37.8 Å². The molecular weight excluding hydrogens is 372 g/mol. The molecule has 2 amide bonds. The molecule has 0 bridgehead atoms. The lowest BCUT2D eigenvalue weighted by Crippen LogP contribution is -2.56. The molecule has 2 atom stereocenters. The summed E-state index contributed by atoms with van der Waals surface area (Å²) in [6.07, 6.45) is 3.20. The average molecular weight is 398 g/mol. The molecule has 0 radical (unpaired) electrons. The molecule has 1 aromatic carbocycles. The summed E-state index contributed by atoms with van der Waals surface area (Å²) in [6, 6.07) is 7.93. The van der Waals surface area contributed by atoms with E-state index in [2.05, 4.69) is 4.98 Å². The Morgan fingerprint density at radius 3 is 2.41 bits per heavy atom. The molecule has 1 aromatic heterocycles. The van der Waals surface area contributed by atoms with E-state index in [1.165, 1.54) is 0 Å². The van der Waals surface area contributed by atoms with Gasteiger partial charge in [-0.1, -0.05) is 12.1 Å². The third-order valence-electron chi connectivity index (χ3n) is 6.17. The number of rotatable bonds is 3. The van der Waals surface area contributed by atoms with Crippen LogP contribution in [-0.4, -0.2) is 78.1 Å². The van der Waals surface area contributed by atoms with Crippen molar-refractivity contribution in [3.63, 3.8) is 0 Å². The van der Waals surface area contributed by atoms with Crippen molar-refractivity contribution in [2.24, 2.45) is 0 Å². The van der Waals surface area contributed by atoms with Gasteiger partial charge in [-0.2, -0.15) is 4.98 Å². The minimum Gasteiger partial charge on any atom is -0.423 e. The van der Waals surface area contributed by atoms with Crippen molar-refractivity contribution >= 4 is 28.9 Å². The summed E-state index contributed by atoms with van der Waals surface area (Å²) in [5.74, 6) is 0.178. The van der Waals surface area contributed by atoms with Crippen LogP contribution in [0.15, 0.2) is 28.7 Å². The zero-order chi connectivity index (χ0) is 19.8. The fourth-order valence-corrected chi connectivity index (χ4v) is 4.57. The number of hydrogen-bond donors (Lipinski definition) is 0. The zero-order valence-corrected chi connectivity index (χ0v) is 16.5. The Morgan fingerprint density at radius 2 is 1.69 bits per heavy atom. The van der Waals surface area contributed by atoms with Crippen LogP contribution in [0.4, 0.5) is 6.01 Å². The smallest absolute Gasteiger partial charge is 0.299 e. The molecule has 3 saturated heterocycles. The SMILES string of the molecule is O=C([C@H]1CCCO1)N1CCN(C(=O)[C@@H]2CCCN2c2nc3ccccc3o2)CC1. The largest absolute Gasteiger partial charge is 0.423 e. The second-order valence-electron chi connectivity index (χ2n) is 7.97. The number of hydrogen-bond acceptors (Lipinski definition) is 6. The van der Waals surface area contributed by atoms with Crippen LogP contribution in [0, 0.1) is 0 Å². The number of amides is 2. The summed E-state index contributed by atoms with van der Waals surface area (Å²) >= 11 is 0. The number of oxazole rings is 1. The standard InChI is InChI=1S/C21H26N4O4/c26-19(23-10-12-24(13-11-23)20(27)18-8-4-14-28-18)16-6-3-9-25(16)21-22-15-5-1-2-7-17(15)29-21/h1-2,5,7,16,18H,3-4,6,8-14H2/t16-,18+/m0/s1. The highest BCUT2D eigenvalue weighted by Crippen LogP contribution is 2.29. The molecule has 29 heavy (non-hydrogen) atoms. The van der Waals surface area contributed by atoms with Gasteiger partial charge in [-0.25, -0.2) is 0 Å². The fraction of sp³-hybridized carbons (Fsp3) is 0.571. The van der Waals surface area contributed by atoms with Crippen LogP contribution in [0.25, 0.3) is 11.1 Å². The number of benzene rings is 1. The molecule has 3 aliphatic heterocycles. The quantitative estimate of drug-likeness (QED) is 0.782. The molecule has 154 valence electrons. The van der Waals surface area contributed by atoms with E-state index >= 15 is 0 Å². The summed E-state index contributed by atoms with van der Waals surface area (Å²) in [5.41, 5.74) is 1.55. The lowest BCUT2D eigenvalue weighted by Gasteiger charge is -2.37. The van der Waals surface area contributed by atoms with E-state index in [1.807, 2.05) is 39.0 Å². The zero-order valence-electron chi connectivity index (χ0n) is 16.5. The second kappa shape index (κ2) is 7.67. The van der Waals surface area contributed by atoms with Crippen LogP contribution in [0.5, 0.6) is 0 Å². The second-order valence-corrected chi connectivity index (χ2v) is 7.97. The van der Waals surface area contributed by atoms with Gasteiger partial charge >= 0.3 is 0 Å². The number of ether oxygens (including phenoxy) is 1. The first kappa shape index (κ1) is 18.4. The molecule has 3 fully saturated rings. The third-order valence-corrected chi connectivity index (χ3v) is 6.17. The molecule has 8 heteroatoms. The molecular formula is C21H26N4O4. The molecule has 0 aliphatic carbocycles. The van der Waals surface area contributed by atoms with Gasteiger partial charge < -0.3 is 23.9 Å². The van der Waals surface area contributed by atoms with Crippen molar-refractivity contribution in [3.8, 4) is 0 Å². The Kier molecular flexibility index (Phi) is 4.87. The number of aromatic nitrogens is 1. The predicted octanol–water partition coefficient (Wildman–Crippen LogP) is 1.65. The molecule has 0 saturated carbocycles. The van der Waals surface area contributed by atoms with Gasteiger partial charge in [-0.15, -0.1) is 0 Å². The number of para-hydroxylation sites is 2. The summed E-state index contributed by atoms with van der Waals surface area (Å²) in [7, 11) is 0. The first-order valence-electron chi connectivity index (χ1n) is 10.5. The third kappa shape index (κ3) is 3.46. The highest BCUT2D eigenvalue weighted by molar-refractivity contribution is 5.86. The van der Waals surface area contributed by atoms with Crippen molar-refractivity contribution in [1.29, 1.82) is 0 Å². The average Bonchev–Trinajstić information content (AvgIpc) is 3.52. The van der Waals surface area contributed by atoms with Crippen molar-refractivity contribution in [2.45, 2.75) is 37.8 Å². The van der Waals surface area contributed by atoms with Crippen LogP contribution in [0.1, 0.15) is 25.7 Å². The van der Waals surface area contributed by atoms with Crippen molar-refractivity contribution < 1.29 is 18.7 Å². The maximum Gasteiger partial charge on any atom is 0.299 e. The topological polar surface area (TPSA) is 79.1 Å². The maximum absolute atomic E-state index is 13.2. The minimum atomic E-state index is -0.290. The highest BCUT2D eigenvalue weighted by atomic mass is 16.5. The van der Waals surface area contributed by atoms with E-state index < -0.39 is 0 Å². The summed E-state index contributed by atoms with van der Waals surface area (Å²) in [4.78, 5) is 36.0. The number of carbonyl (C=O) groups excluding carboxylic acids is 2. The molecule has 4 heterocycles. The maximum atomic E-state index is 13.2. The van der Waals surface area contributed by atoms with Crippen LogP contribution in [-0.2, 0) is 14.3 Å². The van der Waals surface area contributed by atoms with E-state index in [4.69, 9.17) is 9.15 Å². The molecule has 2 aromatic rings. The number of fused-ring (bicyclic) bond motifs is 1. The first-order valence-corrected chi connectivity index (χ1v) is 10.5. The Bertz CT molecular complexity index is 866. The summed E-state index contributed by atoms with van der Waals surface area (Å²) < 4.78 is 11.4. The van der Waals surface area contributed by atoms with Gasteiger partial charge in [0, 0.05) is 39.3 Å². The molecule has 0 unspecified atom stereocenters. The Morgan fingerprint density at radius 1 is 0.931 bits per heavy atom. The van der Waals surface area contributed by atoms with E-state index in [-0.39, 0.29) is 24.0 Å². The Balaban J connectivity index is 1.24. The Hall–Kier alpha value is -2.61. The molecule has 8 nitrogen and oxygen atoms in total. The number of piperazine rings is 1. The van der Waals surface area contributed by atoms with Gasteiger partial charge in [0.05, 0.1) is 0 Å². The van der Waals surface area contributed by atoms with E-state index in [0.717, 1.165) is 43.3 Å². The first-order chi connectivity index (χ1) is 14.2. The summed E-state index contributed by atoms with van der Waals surface area (Å²) in [5, 5.41) is 0. The van der Waals surface area contributed by atoms with E-state index in [1.54, 1.807) is 0 Å². The lowest BCUT2D eigenvalue weighted by molar-refractivity contribution is -0.146. The molecule has 0 N–H and O–H groups in total. The number of nitrogens with zero attached hydrogens (tertiary/aromatic N) is 4. The normalized spacial score (nSPS) is 25.2. The van der Waals surface area contributed by atoms with Gasteiger partial charge in [0.2, 0.25) is 5.91 Å². The lowest BCUT2D eigenvalue weighted by atomic mass is 10.1. The number of anilines is 1. The molecule has 3 aliphatic rings. The van der Waals surface area contributed by atoms with E-state index in [9.17, 15) is 9.59 Å². The van der Waals surface area contributed by atoms with Gasteiger partial charge in [-0.3, -0.25) is 9.59 Å². The monoisotopic (exact) mass is 398 g/mol. The highest BCUT2D eigenvalue weighted by Gasteiger charge is 2.38. The molecule has 5 rings (SSSR count). The minimum absolute atomic E-state index is 0.0727. The van der Waals surface area contributed by atoms with Crippen LogP contribution in [0.2, 0.25) is 0 Å². The Labute approximate surface area is 169 Å².